The molecule has 1 aromatic heterocycles. The molecular formula is C12H19N3. The minimum Gasteiger partial charge on any atom is -0.384 e. The minimum atomic E-state index is 0.598. The monoisotopic (exact) mass is 205 g/mol. The molecular weight excluding hydrogens is 186 g/mol. The van der Waals surface area contributed by atoms with Crippen molar-refractivity contribution in [2.75, 3.05) is 17.2 Å². The summed E-state index contributed by atoms with van der Waals surface area (Å²) in [5.41, 5.74) is 6.80. The fourth-order valence-electron chi connectivity index (χ4n) is 2.43. The molecule has 1 aromatic rings. The molecule has 0 unspecified atom stereocenters. The van der Waals surface area contributed by atoms with Crippen molar-refractivity contribution in [3.05, 3.63) is 18.3 Å². The molecule has 1 aliphatic rings. The van der Waals surface area contributed by atoms with E-state index in [4.69, 9.17) is 5.73 Å². The number of anilines is 2. The maximum absolute atomic E-state index is 5.59. The van der Waals surface area contributed by atoms with Gasteiger partial charge >= 0.3 is 0 Å². The van der Waals surface area contributed by atoms with Gasteiger partial charge in [0.1, 0.15) is 5.82 Å². The van der Waals surface area contributed by atoms with Crippen LogP contribution in [0.25, 0.3) is 0 Å². The van der Waals surface area contributed by atoms with Gasteiger partial charge in [0.15, 0.2) is 0 Å². The lowest BCUT2D eigenvalue weighted by molar-refractivity contribution is 0.619. The molecule has 1 saturated carbocycles. The Balaban J connectivity index is 2.14. The van der Waals surface area contributed by atoms with Gasteiger partial charge in [-0.3, -0.25) is 0 Å². The van der Waals surface area contributed by atoms with E-state index in [2.05, 4.69) is 22.9 Å². The summed E-state index contributed by atoms with van der Waals surface area (Å²) in [4.78, 5) is 6.60. The molecule has 0 spiro atoms. The fourth-order valence-corrected chi connectivity index (χ4v) is 2.43. The average Bonchev–Trinajstić information content (AvgIpc) is 2.75. The van der Waals surface area contributed by atoms with Gasteiger partial charge in [-0.25, -0.2) is 4.98 Å². The zero-order valence-corrected chi connectivity index (χ0v) is 9.32. The summed E-state index contributed by atoms with van der Waals surface area (Å²) in [7, 11) is 0. The van der Waals surface area contributed by atoms with E-state index < -0.39 is 0 Å². The predicted molar refractivity (Wildman–Crippen MR) is 63.9 cm³/mol. The van der Waals surface area contributed by atoms with E-state index in [0.717, 1.165) is 6.54 Å². The normalized spacial score (nSPS) is 16.9. The molecule has 0 aliphatic heterocycles. The van der Waals surface area contributed by atoms with Crippen molar-refractivity contribution in [1.29, 1.82) is 0 Å². The van der Waals surface area contributed by atoms with Gasteiger partial charge in [-0.05, 0) is 31.9 Å². The zero-order valence-electron chi connectivity index (χ0n) is 9.32. The van der Waals surface area contributed by atoms with Gasteiger partial charge in [0.2, 0.25) is 0 Å². The molecule has 0 saturated heterocycles. The van der Waals surface area contributed by atoms with Crippen molar-refractivity contribution in [2.24, 2.45) is 0 Å². The summed E-state index contributed by atoms with van der Waals surface area (Å²) >= 11 is 0. The Morgan fingerprint density at radius 1 is 1.40 bits per heavy atom. The molecule has 0 aromatic carbocycles. The fraction of sp³-hybridized carbons (Fsp3) is 0.583. The van der Waals surface area contributed by atoms with Crippen LogP contribution in [0.15, 0.2) is 18.3 Å². The second-order valence-corrected chi connectivity index (χ2v) is 4.17. The summed E-state index contributed by atoms with van der Waals surface area (Å²) in [5, 5.41) is 0. The van der Waals surface area contributed by atoms with Crippen LogP contribution in [-0.4, -0.2) is 17.6 Å². The summed E-state index contributed by atoms with van der Waals surface area (Å²) in [6.45, 7) is 3.25. The summed E-state index contributed by atoms with van der Waals surface area (Å²) in [5.74, 6) is 0.598. The van der Waals surface area contributed by atoms with E-state index in [1.165, 1.54) is 31.4 Å². The van der Waals surface area contributed by atoms with Crippen LogP contribution < -0.4 is 10.6 Å². The Kier molecular flexibility index (Phi) is 3.09. The highest BCUT2D eigenvalue weighted by atomic mass is 15.2. The van der Waals surface area contributed by atoms with E-state index in [-0.39, 0.29) is 0 Å². The third kappa shape index (κ3) is 2.22. The van der Waals surface area contributed by atoms with Crippen molar-refractivity contribution in [3.63, 3.8) is 0 Å². The van der Waals surface area contributed by atoms with Crippen molar-refractivity contribution in [1.82, 2.24) is 4.98 Å². The highest BCUT2D eigenvalue weighted by Crippen LogP contribution is 2.27. The third-order valence-corrected chi connectivity index (χ3v) is 3.21. The van der Waals surface area contributed by atoms with Gasteiger partial charge in [0.25, 0.3) is 0 Å². The van der Waals surface area contributed by atoms with Gasteiger partial charge in [0, 0.05) is 12.6 Å². The molecule has 1 aliphatic carbocycles. The first kappa shape index (κ1) is 10.3. The van der Waals surface area contributed by atoms with Crippen LogP contribution in [0.5, 0.6) is 0 Å². The first-order chi connectivity index (χ1) is 7.31. The number of aromatic nitrogens is 1. The van der Waals surface area contributed by atoms with E-state index in [1.807, 2.05) is 12.3 Å². The van der Waals surface area contributed by atoms with Gasteiger partial charge in [-0.15, -0.1) is 0 Å². The van der Waals surface area contributed by atoms with Gasteiger partial charge < -0.3 is 10.6 Å². The number of rotatable bonds is 3. The first-order valence-corrected chi connectivity index (χ1v) is 5.79. The Morgan fingerprint density at radius 2 is 2.13 bits per heavy atom. The lowest BCUT2D eigenvalue weighted by Crippen LogP contribution is -2.32. The number of pyridine rings is 1. The molecule has 1 heterocycles. The van der Waals surface area contributed by atoms with Gasteiger partial charge in [-0.1, -0.05) is 12.8 Å². The molecule has 3 heteroatoms. The smallest absolute Gasteiger partial charge is 0.123 e. The van der Waals surface area contributed by atoms with Crippen molar-refractivity contribution in [2.45, 2.75) is 38.6 Å². The molecule has 2 rings (SSSR count). The number of nitrogens with zero attached hydrogens (tertiary/aromatic N) is 2. The highest BCUT2D eigenvalue weighted by molar-refractivity contribution is 5.48. The van der Waals surface area contributed by atoms with Crippen molar-refractivity contribution >= 4 is 11.5 Å². The first-order valence-electron chi connectivity index (χ1n) is 5.79. The Bertz CT molecular complexity index is 301. The zero-order chi connectivity index (χ0) is 10.7. The van der Waals surface area contributed by atoms with Crippen LogP contribution in [0.4, 0.5) is 11.5 Å². The van der Waals surface area contributed by atoms with Crippen LogP contribution in [0.2, 0.25) is 0 Å². The number of hydrogen-bond acceptors (Lipinski definition) is 3. The largest absolute Gasteiger partial charge is 0.384 e. The van der Waals surface area contributed by atoms with E-state index in [0.29, 0.717) is 11.9 Å². The van der Waals surface area contributed by atoms with Crippen molar-refractivity contribution < 1.29 is 0 Å². The Morgan fingerprint density at radius 3 is 2.67 bits per heavy atom. The van der Waals surface area contributed by atoms with Crippen LogP contribution in [0.3, 0.4) is 0 Å². The molecule has 0 bridgehead atoms. The standard InChI is InChI=1S/C12H19N3/c1-2-15(10-5-3-4-6-10)11-7-8-12(13)14-9-11/h7-10H,2-6H2,1H3,(H2,13,14). The van der Waals surface area contributed by atoms with Gasteiger partial charge in [-0.2, -0.15) is 0 Å². The van der Waals surface area contributed by atoms with E-state index in [9.17, 15) is 0 Å². The minimum absolute atomic E-state index is 0.598. The SMILES string of the molecule is CCN(c1ccc(N)nc1)C1CCCC1. The molecule has 0 amide bonds. The number of nitrogen functional groups attached to an aromatic ring is 1. The molecule has 3 nitrogen and oxygen atoms in total. The maximum atomic E-state index is 5.59. The van der Waals surface area contributed by atoms with E-state index in [1.54, 1.807) is 0 Å². The topological polar surface area (TPSA) is 42.1 Å². The molecule has 1 fully saturated rings. The Hall–Kier alpha value is -1.25. The molecule has 0 atom stereocenters. The lowest BCUT2D eigenvalue weighted by atomic mass is 10.2. The third-order valence-electron chi connectivity index (χ3n) is 3.21. The number of hydrogen-bond donors (Lipinski definition) is 1. The maximum Gasteiger partial charge on any atom is 0.123 e. The second kappa shape index (κ2) is 4.51. The van der Waals surface area contributed by atoms with Gasteiger partial charge in [0.05, 0.1) is 11.9 Å². The van der Waals surface area contributed by atoms with Crippen molar-refractivity contribution in [3.8, 4) is 0 Å². The van der Waals surface area contributed by atoms with Crippen LogP contribution in [0.1, 0.15) is 32.6 Å². The summed E-state index contributed by atoms with van der Waals surface area (Å²) in [6.07, 6.45) is 7.25. The average molecular weight is 205 g/mol. The highest BCUT2D eigenvalue weighted by Gasteiger charge is 2.21. The summed E-state index contributed by atoms with van der Waals surface area (Å²) < 4.78 is 0. The summed E-state index contributed by atoms with van der Waals surface area (Å²) in [6, 6.07) is 4.66. The molecule has 0 radical (unpaired) electrons. The molecule has 2 N–H and O–H groups in total. The number of nitrogens with two attached hydrogens (primary N) is 1. The Labute approximate surface area is 91.3 Å². The quantitative estimate of drug-likeness (QED) is 0.824. The van der Waals surface area contributed by atoms with Crippen LogP contribution in [-0.2, 0) is 0 Å². The lowest BCUT2D eigenvalue weighted by Gasteiger charge is -2.29. The molecule has 15 heavy (non-hydrogen) atoms. The molecule has 82 valence electrons. The second-order valence-electron chi connectivity index (χ2n) is 4.17. The van der Waals surface area contributed by atoms with Crippen LogP contribution >= 0.6 is 0 Å². The predicted octanol–water partition coefficient (Wildman–Crippen LogP) is 2.43. The van der Waals surface area contributed by atoms with Crippen LogP contribution in [0, 0.1) is 0 Å². The van der Waals surface area contributed by atoms with E-state index >= 15 is 0 Å².